The first kappa shape index (κ1) is 14.2. The van der Waals surface area contributed by atoms with E-state index in [4.69, 9.17) is 4.74 Å². The van der Waals surface area contributed by atoms with Gasteiger partial charge in [-0.2, -0.15) is 0 Å². The molecule has 1 saturated heterocycles. The van der Waals surface area contributed by atoms with Gasteiger partial charge in [-0.15, -0.1) is 0 Å². The van der Waals surface area contributed by atoms with Gasteiger partial charge in [0.05, 0.1) is 6.61 Å². The molecule has 1 fully saturated rings. The predicted octanol–water partition coefficient (Wildman–Crippen LogP) is 1.98. The SMILES string of the molecule is CCOc1cccc(CNCCN2CCCC2)c1O. The number of hydrogen-bond acceptors (Lipinski definition) is 4. The monoisotopic (exact) mass is 264 g/mol. The van der Waals surface area contributed by atoms with Crippen molar-refractivity contribution in [2.75, 3.05) is 32.8 Å². The van der Waals surface area contributed by atoms with Crippen molar-refractivity contribution in [3.05, 3.63) is 23.8 Å². The Labute approximate surface area is 115 Å². The molecule has 0 bridgehead atoms. The van der Waals surface area contributed by atoms with Crippen LogP contribution in [-0.2, 0) is 6.54 Å². The third-order valence-electron chi connectivity index (χ3n) is 3.50. The van der Waals surface area contributed by atoms with Crippen molar-refractivity contribution < 1.29 is 9.84 Å². The van der Waals surface area contributed by atoms with Crippen molar-refractivity contribution in [1.29, 1.82) is 0 Å². The van der Waals surface area contributed by atoms with E-state index in [9.17, 15) is 5.11 Å². The van der Waals surface area contributed by atoms with Crippen molar-refractivity contribution in [3.63, 3.8) is 0 Å². The second-order valence-corrected chi connectivity index (χ2v) is 4.92. The number of nitrogens with one attached hydrogen (secondary N) is 1. The van der Waals surface area contributed by atoms with Crippen molar-refractivity contribution >= 4 is 0 Å². The highest BCUT2D eigenvalue weighted by atomic mass is 16.5. The maximum atomic E-state index is 10.1. The molecule has 106 valence electrons. The Hall–Kier alpha value is -1.26. The van der Waals surface area contributed by atoms with E-state index in [1.807, 2.05) is 19.1 Å². The Morgan fingerprint density at radius 3 is 2.84 bits per heavy atom. The highest BCUT2D eigenvalue weighted by Gasteiger charge is 2.11. The average Bonchev–Trinajstić information content (AvgIpc) is 2.92. The van der Waals surface area contributed by atoms with Crippen LogP contribution in [0.4, 0.5) is 0 Å². The third-order valence-corrected chi connectivity index (χ3v) is 3.50. The molecule has 0 saturated carbocycles. The smallest absolute Gasteiger partial charge is 0.162 e. The number of nitrogens with zero attached hydrogens (tertiary/aromatic N) is 1. The summed E-state index contributed by atoms with van der Waals surface area (Å²) in [5.74, 6) is 0.833. The fourth-order valence-corrected chi connectivity index (χ4v) is 2.45. The van der Waals surface area contributed by atoms with E-state index in [0.29, 0.717) is 18.9 Å². The van der Waals surface area contributed by atoms with Gasteiger partial charge in [-0.3, -0.25) is 0 Å². The molecule has 0 aromatic heterocycles. The van der Waals surface area contributed by atoms with Gasteiger partial charge >= 0.3 is 0 Å². The molecular weight excluding hydrogens is 240 g/mol. The van der Waals surface area contributed by atoms with Gasteiger partial charge in [-0.1, -0.05) is 12.1 Å². The lowest BCUT2D eigenvalue weighted by atomic mass is 10.2. The molecule has 0 atom stereocenters. The topological polar surface area (TPSA) is 44.7 Å². The van der Waals surface area contributed by atoms with Gasteiger partial charge in [-0.05, 0) is 38.9 Å². The van der Waals surface area contributed by atoms with Crippen molar-refractivity contribution in [2.24, 2.45) is 0 Å². The number of rotatable bonds is 7. The van der Waals surface area contributed by atoms with Crippen LogP contribution in [-0.4, -0.2) is 42.8 Å². The zero-order chi connectivity index (χ0) is 13.5. The molecule has 0 radical (unpaired) electrons. The van der Waals surface area contributed by atoms with Crippen LogP contribution < -0.4 is 10.1 Å². The Balaban J connectivity index is 1.77. The van der Waals surface area contributed by atoms with E-state index in [2.05, 4.69) is 10.2 Å². The first-order valence-corrected chi connectivity index (χ1v) is 7.18. The lowest BCUT2D eigenvalue weighted by Gasteiger charge is -2.15. The van der Waals surface area contributed by atoms with Crippen LogP contribution in [0.3, 0.4) is 0 Å². The first-order valence-electron chi connectivity index (χ1n) is 7.18. The Morgan fingerprint density at radius 2 is 2.11 bits per heavy atom. The number of para-hydroxylation sites is 1. The summed E-state index contributed by atoms with van der Waals surface area (Å²) in [7, 11) is 0. The number of benzene rings is 1. The quantitative estimate of drug-likeness (QED) is 0.739. The molecule has 4 nitrogen and oxygen atoms in total. The van der Waals surface area contributed by atoms with Gasteiger partial charge in [-0.25, -0.2) is 0 Å². The van der Waals surface area contributed by atoms with E-state index < -0.39 is 0 Å². The highest BCUT2D eigenvalue weighted by Crippen LogP contribution is 2.29. The number of aromatic hydroxyl groups is 1. The molecule has 0 amide bonds. The normalized spacial score (nSPS) is 15.8. The van der Waals surface area contributed by atoms with Crippen LogP contribution in [0.25, 0.3) is 0 Å². The fourth-order valence-electron chi connectivity index (χ4n) is 2.45. The summed E-state index contributed by atoms with van der Waals surface area (Å²) in [4.78, 5) is 2.48. The average molecular weight is 264 g/mol. The number of hydrogen-bond donors (Lipinski definition) is 2. The molecule has 19 heavy (non-hydrogen) atoms. The van der Waals surface area contributed by atoms with E-state index in [0.717, 1.165) is 18.7 Å². The second-order valence-electron chi connectivity index (χ2n) is 4.92. The summed E-state index contributed by atoms with van der Waals surface area (Å²) in [6, 6.07) is 5.65. The number of ether oxygens (including phenoxy) is 1. The third kappa shape index (κ3) is 4.11. The standard InChI is InChI=1S/C15H24N2O2/c1-2-19-14-7-5-6-13(15(14)18)12-16-8-11-17-9-3-4-10-17/h5-7,16,18H,2-4,8-12H2,1H3. The highest BCUT2D eigenvalue weighted by molar-refractivity contribution is 5.45. The van der Waals surface area contributed by atoms with Gasteiger partial charge in [0.1, 0.15) is 0 Å². The lowest BCUT2D eigenvalue weighted by Crippen LogP contribution is -2.29. The van der Waals surface area contributed by atoms with Crippen LogP contribution in [0.1, 0.15) is 25.3 Å². The minimum Gasteiger partial charge on any atom is -0.504 e. The molecule has 1 heterocycles. The second kappa shape index (κ2) is 7.36. The molecule has 1 aliphatic heterocycles. The summed E-state index contributed by atoms with van der Waals surface area (Å²) in [6.45, 7) is 7.67. The van der Waals surface area contributed by atoms with Crippen LogP contribution in [0.5, 0.6) is 11.5 Å². The van der Waals surface area contributed by atoms with E-state index in [1.165, 1.54) is 25.9 Å². The van der Waals surface area contributed by atoms with Gasteiger partial charge in [0, 0.05) is 25.2 Å². The van der Waals surface area contributed by atoms with E-state index in [1.54, 1.807) is 6.07 Å². The summed E-state index contributed by atoms with van der Waals surface area (Å²) in [5, 5.41) is 13.4. The lowest BCUT2D eigenvalue weighted by molar-refractivity contribution is 0.315. The van der Waals surface area contributed by atoms with Crippen LogP contribution in [0.2, 0.25) is 0 Å². The van der Waals surface area contributed by atoms with Crippen LogP contribution in [0.15, 0.2) is 18.2 Å². The maximum absolute atomic E-state index is 10.1. The van der Waals surface area contributed by atoms with Crippen molar-refractivity contribution in [2.45, 2.75) is 26.3 Å². The Kier molecular flexibility index (Phi) is 5.48. The molecule has 2 N–H and O–H groups in total. The summed E-state index contributed by atoms with van der Waals surface area (Å²) < 4.78 is 5.38. The van der Waals surface area contributed by atoms with E-state index >= 15 is 0 Å². The molecule has 1 aromatic rings. The van der Waals surface area contributed by atoms with Crippen molar-refractivity contribution in [1.82, 2.24) is 10.2 Å². The molecule has 2 rings (SSSR count). The number of phenolic OH excluding ortho intramolecular Hbond substituents is 1. The summed E-state index contributed by atoms with van der Waals surface area (Å²) in [6.07, 6.45) is 2.66. The molecular formula is C15H24N2O2. The molecule has 1 aliphatic rings. The number of phenols is 1. The van der Waals surface area contributed by atoms with Crippen LogP contribution in [0, 0.1) is 0 Å². The fraction of sp³-hybridized carbons (Fsp3) is 0.600. The Morgan fingerprint density at radius 1 is 1.32 bits per heavy atom. The zero-order valence-electron chi connectivity index (χ0n) is 11.7. The van der Waals surface area contributed by atoms with Gasteiger partial charge in [0.25, 0.3) is 0 Å². The van der Waals surface area contributed by atoms with Gasteiger partial charge in [0.15, 0.2) is 11.5 Å². The molecule has 0 spiro atoms. The van der Waals surface area contributed by atoms with Crippen LogP contribution >= 0.6 is 0 Å². The number of likely N-dealkylation sites (tertiary alicyclic amines) is 1. The Bertz CT molecular complexity index is 390. The molecule has 0 unspecified atom stereocenters. The summed E-state index contributed by atoms with van der Waals surface area (Å²) >= 11 is 0. The van der Waals surface area contributed by atoms with Crippen molar-refractivity contribution in [3.8, 4) is 11.5 Å². The predicted molar refractivity (Wildman–Crippen MR) is 76.7 cm³/mol. The summed E-state index contributed by atoms with van der Waals surface area (Å²) in [5.41, 5.74) is 0.896. The first-order chi connectivity index (χ1) is 9.31. The molecule has 1 aromatic carbocycles. The van der Waals surface area contributed by atoms with Gasteiger partial charge in [0.2, 0.25) is 0 Å². The molecule has 0 aliphatic carbocycles. The minimum absolute atomic E-state index is 0.262. The molecule has 4 heteroatoms. The minimum atomic E-state index is 0.262. The zero-order valence-corrected chi connectivity index (χ0v) is 11.7. The van der Waals surface area contributed by atoms with E-state index in [-0.39, 0.29) is 5.75 Å². The maximum Gasteiger partial charge on any atom is 0.162 e. The van der Waals surface area contributed by atoms with Gasteiger partial charge < -0.3 is 20.1 Å². The largest absolute Gasteiger partial charge is 0.504 e.